The van der Waals surface area contributed by atoms with Crippen molar-refractivity contribution in [3.8, 4) is 0 Å². The minimum absolute atomic E-state index is 0.0112. The van der Waals surface area contributed by atoms with Gasteiger partial charge in [-0.05, 0) is 43.9 Å². The fraction of sp³-hybridized carbons (Fsp3) is 0.933. The van der Waals surface area contributed by atoms with E-state index in [0.717, 1.165) is 38.5 Å². The number of ether oxygens (including phenoxy) is 1. The first-order chi connectivity index (χ1) is 9.62. The molecule has 0 aromatic rings. The summed E-state index contributed by atoms with van der Waals surface area (Å²) in [7, 11) is 0. The number of urea groups is 1. The molecular weight excluding hydrogens is 256 g/mol. The van der Waals surface area contributed by atoms with E-state index in [1.54, 1.807) is 0 Å². The molecule has 2 bridgehead atoms. The molecule has 2 fully saturated rings. The number of carbonyl (C=O) groups excluding carboxylic acids is 1. The van der Waals surface area contributed by atoms with Gasteiger partial charge in [-0.2, -0.15) is 0 Å². The highest BCUT2D eigenvalue weighted by Gasteiger charge is 2.41. The highest BCUT2D eigenvalue weighted by Crippen LogP contribution is 2.34. The molecule has 0 radical (unpaired) electrons. The van der Waals surface area contributed by atoms with Crippen molar-refractivity contribution in [2.45, 2.75) is 70.6 Å². The summed E-state index contributed by atoms with van der Waals surface area (Å²) in [5.41, 5.74) is 0.0112. The molecule has 20 heavy (non-hydrogen) atoms. The lowest BCUT2D eigenvalue weighted by Crippen LogP contribution is -2.49. The van der Waals surface area contributed by atoms with Crippen LogP contribution in [-0.2, 0) is 4.74 Å². The molecule has 0 aliphatic carbocycles. The molecular formula is C15H28N2O3. The van der Waals surface area contributed by atoms with Crippen LogP contribution in [0.25, 0.3) is 0 Å². The third kappa shape index (κ3) is 3.44. The van der Waals surface area contributed by atoms with Gasteiger partial charge in [-0.3, -0.25) is 0 Å². The number of nitrogens with one attached hydrogen (secondary N) is 2. The maximum Gasteiger partial charge on any atom is 0.315 e. The monoisotopic (exact) mass is 284 g/mol. The Bertz CT molecular complexity index is 331. The molecule has 3 N–H and O–H groups in total. The SMILES string of the molecule is CCC(CC)(CCO)CNC(=O)NC1CC2CCC1O2. The molecule has 3 unspecified atom stereocenters. The Balaban J connectivity index is 1.76. The zero-order valence-corrected chi connectivity index (χ0v) is 12.7. The van der Waals surface area contributed by atoms with Crippen LogP contribution in [0, 0.1) is 5.41 Å². The molecule has 0 spiro atoms. The highest BCUT2D eigenvalue weighted by molar-refractivity contribution is 5.74. The normalized spacial score (nSPS) is 28.6. The minimum atomic E-state index is -0.102. The second kappa shape index (κ2) is 6.76. The van der Waals surface area contributed by atoms with Crippen molar-refractivity contribution in [3.63, 3.8) is 0 Å². The van der Waals surface area contributed by atoms with E-state index in [1.165, 1.54) is 0 Å². The van der Waals surface area contributed by atoms with Gasteiger partial charge in [0.1, 0.15) is 0 Å². The van der Waals surface area contributed by atoms with Gasteiger partial charge in [0.05, 0.1) is 18.2 Å². The Hall–Kier alpha value is -0.810. The van der Waals surface area contributed by atoms with Crippen molar-refractivity contribution in [1.29, 1.82) is 0 Å². The molecule has 0 aromatic heterocycles. The lowest BCUT2D eigenvalue weighted by molar-refractivity contribution is 0.0979. The third-order valence-electron chi connectivity index (χ3n) is 5.19. The molecule has 116 valence electrons. The summed E-state index contributed by atoms with van der Waals surface area (Å²) in [6.07, 6.45) is 6.36. The number of hydrogen-bond donors (Lipinski definition) is 3. The molecule has 5 heteroatoms. The summed E-state index contributed by atoms with van der Waals surface area (Å²) in [4.78, 5) is 12.0. The van der Waals surface area contributed by atoms with E-state index in [9.17, 15) is 9.90 Å². The van der Waals surface area contributed by atoms with Crippen LogP contribution in [0.1, 0.15) is 52.4 Å². The Labute approximate surface area is 121 Å². The number of fused-ring (bicyclic) bond motifs is 2. The standard InChI is InChI=1S/C15H28N2O3/c1-3-15(4-2,7-8-18)10-16-14(19)17-12-9-11-5-6-13(12)20-11/h11-13,18H,3-10H2,1-2H3,(H2,16,17,19). The zero-order chi connectivity index (χ0) is 14.6. The van der Waals surface area contributed by atoms with Crippen molar-refractivity contribution in [3.05, 3.63) is 0 Å². The first-order valence-corrected chi connectivity index (χ1v) is 7.93. The van der Waals surface area contributed by atoms with Crippen molar-refractivity contribution in [2.24, 2.45) is 5.41 Å². The molecule has 2 heterocycles. The van der Waals surface area contributed by atoms with Gasteiger partial charge in [0.25, 0.3) is 0 Å². The third-order valence-corrected chi connectivity index (χ3v) is 5.19. The maximum atomic E-state index is 12.0. The number of rotatable bonds is 7. The zero-order valence-electron chi connectivity index (χ0n) is 12.7. The topological polar surface area (TPSA) is 70.6 Å². The van der Waals surface area contributed by atoms with Gasteiger partial charge >= 0.3 is 6.03 Å². The lowest BCUT2D eigenvalue weighted by atomic mass is 9.79. The lowest BCUT2D eigenvalue weighted by Gasteiger charge is -2.31. The molecule has 2 saturated heterocycles. The van der Waals surface area contributed by atoms with E-state index in [4.69, 9.17) is 4.74 Å². The van der Waals surface area contributed by atoms with E-state index in [2.05, 4.69) is 24.5 Å². The van der Waals surface area contributed by atoms with E-state index in [1.807, 2.05) is 0 Å². The minimum Gasteiger partial charge on any atom is -0.396 e. The Morgan fingerprint density at radius 1 is 1.35 bits per heavy atom. The molecule has 2 rings (SSSR count). The summed E-state index contributed by atoms with van der Waals surface area (Å²) in [5.74, 6) is 0. The van der Waals surface area contributed by atoms with Gasteiger partial charge in [-0.15, -0.1) is 0 Å². The highest BCUT2D eigenvalue weighted by atomic mass is 16.5. The first-order valence-electron chi connectivity index (χ1n) is 7.93. The van der Waals surface area contributed by atoms with Gasteiger partial charge in [-0.1, -0.05) is 13.8 Å². The number of amides is 2. The van der Waals surface area contributed by atoms with Gasteiger partial charge in [0, 0.05) is 13.2 Å². The average molecular weight is 284 g/mol. The van der Waals surface area contributed by atoms with E-state index in [0.29, 0.717) is 12.6 Å². The molecule has 0 saturated carbocycles. The van der Waals surface area contributed by atoms with Crippen LogP contribution < -0.4 is 10.6 Å². The molecule has 0 aromatic carbocycles. The van der Waals surface area contributed by atoms with Crippen molar-refractivity contribution in [2.75, 3.05) is 13.2 Å². The number of hydrogen-bond acceptors (Lipinski definition) is 3. The number of carbonyl (C=O) groups is 1. The van der Waals surface area contributed by atoms with Crippen LogP contribution >= 0.6 is 0 Å². The number of aliphatic hydroxyl groups excluding tert-OH is 1. The quantitative estimate of drug-likeness (QED) is 0.667. The fourth-order valence-electron chi connectivity index (χ4n) is 3.46. The Morgan fingerprint density at radius 2 is 2.10 bits per heavy atom. The summed E-state index contributed by atoms with van der Waals surface area (Å²) >= 11 is 0. The predicted octanol–water partition coefficient (Wildman–Crippen LogP) is 1.79. The van der Waals surface area contributed by atoms with Gasteiger partial charge in [-0.25, -0.2) is 4.79 Å². The van der Waals surface area contributed by atoms with Crippen molar-refractivity contribution >= 4 is 6.03 Å². The molecule has 2 aliphatic rings. The van der Waals surface area contributed by atoms with Crippen LogP contribution in [-0.4, -0.2) is 42.5 Å². The molecule has 5 nitrogen and oxygen atoms in total. The van der Waals surface area contributed by atoms with Gasteiger partial charge in [0.15, 0.2) is 0 Å². The number of aliphatic hydroxyl groups is 1. The van der Waals surface area contributed by atoms with E-state index in [-0.39, 0.29) is 30.2 Å². The molecule has 2 aliphatic heterocycles. The first kappa shape index (κ1) is 15.6. The largest absolute Gasteiger partial charge is 0.396 e. The van der Waals surface area contributed by atoms with Crippen LogP contribution in [0.2, 0.25) is 0 Å². The fourth-order valence-corrected chi connectivity index (χ4v) is 3.46. The summed E-state index contributed by atoms with van der Waals surface area (Å²) in [5, 5.41) is 15.2. The second-order valence-electron chi connectivity index (χ2n) is 6.22. The van der Waals surface area contributed by atoms with Crippen LogP contribution in [0.15, 0.2) is 0 Å². The van der Waals surface area contributed by atoms with Crippen LogP contribution in [0.3, 0.4) is 0 Å². The Morgan fingerprint density at radius 3 is 2.60 bits per heavy atom. The predicted molar refractivity (Wildman–Crippen MR) is 77.6 cm³/mol. The van der Waals surface area contributed by atoms with Gasteiger partial charge < -0.3 is 20.5 Å². The summed E-state index contributed by atoms with van der Waals surface area (Å²) in [6, 6.07) is 0.0691. The molecule has 3 atom stereocenters. The van der Waals surface area contributed by atoms with Crippen LogP contribution in [0.5, 0.6) is 0 Å². The van der Waals surface area contributed by atoms with E-state index >= 15 is 0 Å². The van der Waals surface area contributed by atoms with Crippen molar-refractivity contribution < 1.29 is 14.6 Å². The summed E-state index contributed by atoms with van der Waals surface area (Å²) < 4.78 is 5.74. The van der Waals surface area contributed by atoms with Crippen LogP contribution in [0.4, 0.5) is 4.79 Å². The average Bonchev–Trinajstić information content (AvgIpc) is 3.06. The smallest absolute Gasteiger partial charge is 0.315 e. The van der Waals surface area contributed by atoms with Gasteiger partial charge in [0.2, 0.25) is 0 Å². The summed E-state index contributed by atoms with van der Waals surface area (Å²) in [6.45, 7) is 5.02. The Kier molecular flexibility index (Phi) is 5.27. The van der Waals surface area contributed by atoms with Crippen molar-refractivity contribution in [1.82, 2.24) is 10.6 Å². The van der Waals surface area contributed by atoms with E-state index < -0.39 is 0 Å². The maximum absolute atomic E-state index is 12.0. The molecule has 2 amide bonds. The second-order valence-corrected chi connectivity index (χ2v) is 6.22.